The summed E-state index contributed by atoms with van der Waals surface area (Å²) in [5.41, 5.74) is 1.22. The van der Waals surface area contributed by atoms with Crippen molar-refractivity contribution in [3.8, 4) is 0 Å². The molecule has 1 N–H and O–H groups in total. The molecule has 2 aliphatic heterocycles. The number of carbonyl (C=O) groups excluding carboxylic acids is 1. The summed E-state index contributed by atoms with van der Waals surface area (Å²) in [6.07, 6.45) is 1.14. The predicted molar refractivity (Wildman–Crippen MR) is 70.9 cm³/mol. The van der Waals surface area contributed by atoms with Crippen molar-refractivity contribution >= 4 is 5.91 Å². The molecule has 1 amide bonds. The summed E-state index contributed by atoms with van der Waals surface area (Å²) in [6.45, 7) is 4.89. The van der Waals surface area contributed by atoms with Gasteiger partial charge in [-0.15, -0.1) is 0 Å². The highest BCUT2D eigenvalue weighted by Crippen LogP contribution is 2.31. The van der Waals surface area contributed by atoms with Crippen molar-refractivity contribution in [2.45, 2.75) is 25.9 Å². The maximum absolute atomic E-state index is 12.4. The topological polar surface area (TPSA) is 32.3 Å². The third-order valence-electron chi connectivity index (χ3n) is 4.35. The van der Waals surface area contributed by atoms with E-state index < -0.39 is 0 Å². The van der Waals surface area contributed by atoms with Crippen LogP contribution in [0, 0.1) is 11.8 Å². The number of nitrogens with zero attached hydrogens (tertiary/aromatic N) is 1. The molecule has 0 aromatic heterocycles. The number of carbonyl (C=O) groups is 1. The minimum atomic E-state index is 0.0671. The highest BCUT2D eigenvalue weighted by molar-refractivity contribution is 5.83. The SMILES string of the molecule is CC1CN[C@@H]2C(=O)N(Cc3ccccc3)CC[C@@H]12. The summed E-state index contributed by atoms with van der Waals surface area (Å²) in [5.74, 6) is 1.47. The second kappa shape index (κ2) is 4.73. The molecule has 0 spiro atoms. The van der Waals surface area contributed by atoms with E-state index >= 15 is 0 Å². The van der Waals surface area contributed by atoms with E-state index in [0.717, 1.165) is 26.1 Å². The average molecular weight is 244 g/mol. The molecular formula is C15H20N2O. The summed E-state index contributed by atoms with van der Waals surface area (Å²) in [4.78, 5) is 14.4. The standard InChI is InChI=1S/C15H20N2O/c1-11-9-16-14-13(11)7-8-17(15(14)18)10-12-5-3-2-4-6-12/h2-6,11,13-14,16H,7-10H2,1H3/t11?,13-,14-/m0/s1. The number of nitrogens with one attached hydrogen (secondary N) is 1. The lowest BCUT2D eigenvalue weighted by molar-refractivity contribution is -0.138. The van der Waals surface area contributed by atoms with Gasteiger partial charge in [-0.3, -0.25) is 4.79 Å². The number of hydrogen-bond acceptors (Lipinski definition) is 2. The van der Waals surface area contributed by atoms with Crippen molar-refractivity contribution in [2.75, 3.05) is 13.1 Å². The van der Waals surface area contributed by atoms with Crippen LogP contribution in [-0.2, 0) is 11.3 Å². The van der Waals surface area contributed by atoms with E-state index in [1.54, 1.807) is 0 Å². The van der Waals surface area contributed by atoms with Gasteiger partial charge < -0.3 is 10.2 Å². The zero-order valence-corrected chi connectivity index (χ0v) is 10.8. The van der Waals surface area contributed by atoms with Crippen LogP contribution < -0.4 is 5.32 Å². The third kappa shape index (κ3) is 2.03. The molecule has 0 bridgehead atoms. The van der Waals surface area contributed by atoms with Crippen molar-refractivity contribution in [1.82, 2.24) is 10.2 Å². The quantitative estimate of drug-likeness (QED) is 0.858. The van der Waals surface area contributed by atoms with Crippen LogP contribution in [0.5, 0.6) is 0 Å². The van der Waals surface area contributed by atoms with Gasteiger partial charge in [-0.2, -0.15) is 0 Å². The molecule has 1 unspecified atom stereocenters. The van der Waals surface area contributed by atoms with Gasteiger partial charge in [0.05, 0.1) is 6.04 Å². The van der Waals surface area contributed by atoms with Gasteiger partial charge in [-0.1, -0.05) is 37.3 Å². The number of rotatable bonds is 2. The lowest BCUT2D eigenvalue weighted by Gasteiger charge is -2.35. The molecule has 0 saturated carbocycles. The lowest BCUT2D eigenvalue weighted by atomic mass is 9.85. The Morgan fingerprint density at radius 1 is 1.33 bits per heavy atom. The Bertz CT molecular complexity index is 431. The normalized spacial score (nSPS) is 31.5. The zero-order chi connectivity index (χ0) is 12.5. The Kier molecular flexibility index (Phi) is 3.08. The molecule has 96 valence electrons. The number of amides is 1. The molecular weight excluding hydrogens is 224 g/mol. The maximum atomic E-state index is 12.4. The molecule has 1 aromatic carbocycles. The average Bonchev–Trinajstić information content (AvgIpc) is 2.77. The van der Waals surface area contributed by atoms with Gasteiger partial charge in [0.15, 0.2) is 0 Å². The summed E-state index contributed by atoms with van der Waals surface area (Å²) in [7, 11) is 0. The van der Waals surface area contributed by atoms with Crippen LogP contribution in [0.1, 0.15) is 18.9 Å². The summed E-state index contributed by atoms with van der Waals surface area (Å²) in [5, 5.41) is 3.38. The van der Waals surface area contributed by atoms with Gasteiger partial charge >= 0.3 is 0 Å². The van der Waals surface area contributed by atoms with Crippen molar-refractivity contribution in [2.24, 2.45) is 11.8 Å². The van der Waals surface area contributed by atoms with Crippen LogP contribution in [0.15, 0.2) is 30.3 Å². The van der Waals surface area contributed by atoms with Gasteiger partial charge in [0.2, 0.25) is 5.91 Å². The van der Waals surface area contributed by atoms with E-state index in [1.165, 1.54) is 5.56 Å². The van der Waals surface area contributed by atoms with Crippen LogP contribution >= 0.6 is 0 Å². The number of piperidine rings is 1. The molecule has 3 atom stereocenters. The number of hydrogen-bond donors (Lipinski definition) is 1. The Hall–Kier alpha value is -1.35. The molecule has 18 heavy (non-hydrogen) atoms. The van der Waals surface area contributed by atoms with Gasteiger partial charge in [-0.05, 0) is 30.4 Å². The highest BCUT2D eigenvalue weighted by atomic mass is 16.2. The van der Waals surface area contributed by atoms with Crippen LogP contribution in [0.2, 0.25) is 0 Å². The molecule has 0 aliphatic carbocycles. The first-order chi connectivity index (χ1) is 8.75. The third-order valence-corrected chi connectivity index (χ3v) is 4.35. The minimum Gasteiger partial charge on any atom is -0.337 e. The fourth-order valence-electron chi connectivity index (χ4n) is 3.24. The van der Waals surface area contributed by atoms with Gasteiger partial charge in [-0.25, -0.2) is 0 Å². The largest absolute Gasteiger partial charge is 0.337 e. The first kappa shape index (κ1) is 11.7. The minimum absolute atomic E-state index is 0.0671. The molecule has 3 rings (SSSR count). The van der Waals surface area contributed by atoms with E-state index in [-0.39, 0.29) is 6.04 Å². The van der Waals surface area contributed by atoms with Crippen LogP contribution in [-0.4, -0.2) is 29.9 Å². The molecule has 2 heterocycles. The summed E-state index contributed by atoms with van der Waals surface area (Å²) < 4.78 is 0. The Morgan fingerprint density at radius 2 is 2.11 bits per heavy atom. The van der Waals surface area contributed by atoms with Gasteiger partial charge in [0.1, 0.15) is 0 Å². The first-order valence-corrected chi connectivity index (χ1v) is 6.82. The van der Waals surface area contributed by atoms with E-state index in [1.807, 2.05) is 23.1 Å². The van der Waals surface area contributed by atoms with E-state index in [2.05, 4.69) is 24.4 Å². The zero-order valence-electron chi connectivity index (χ0n) is 10.8. The second-order valence-electron chi connectivity index (χ2n) is 5.56. The Balaban J connectivity index is 1.70. The maximum Gasteiger partial charge on any atom is 0.240 e. The molecule has 2 saturated heterocycles. The predicted octanol–water partition coefficient (Wildman–Crippen LogP) is 1.64. The lowest BCUT2D eigenvalue weighted by Crippen LogP contribution is -2.51. The van der Waals surface area contributed by atoms with E-state index in [9.17, 15) is 4.79 Å². The fourth-order valence-corrected chi connectivity index (χ4v) is 3.24. The second-order valence-corrected chi connectivity index (χ2v) is 5.56. The molecule has 2 aliphatic rings. The number of benzene rings is 1. The molecule has 3 heteroatoms. The van der Waals surface area contributed by atoms with Crippen molar-refractivity contribution in [3.05, 3.63) is 35.9 Å². The first-order valence-electron chi connectivity index (χ1n) is 6.82. The molecule has 0 radical (unpaired) electrons. The summed E-state index contributed by atoms with van der Waals surface area (Å²) >= 11 is 0. The van der Waals surface area contributed by atoms with Crippen molar-refractivity contribution < 1.29 is 4.79 Å². The van der Waals surface area contributed by atoms with Crippen LogP contribution in [0.4, 0.5) is 0 Å². The molecule has 2 fully saturated rings. The van der Waals surface area contributed by atoms with Crippen molar-refractivity contribution in [1.29, 1.82) is 0 Å². The van der Waals surface area contributed by atoms with Crippen LogP contribution in [0.25, 0.3) is 0 Å². The number of likely N-dealkylation sites (tertiary alicyclic amines) is 1. The summed E-state index contributed by atoms with van der Waals surface area (Å²) in [6, 6.07) is 10.3. The van der Waals surface area contributed by atoms with Crippen molar-refractivity contribution in [3.63, 3.8) is 0 Å². The monoisotopic (exact) mass is 244 g/mol. The van der Waals surface area contributed by atoms with Gasteiger partial charge in [0, 0.05) is 13.1 Å². The Morgan fingerprint density at radius 3 is 2.89 bits per heavy atom. The van der Waals surface area contributed by atoms with Gasteiger partial charge in [0.25, 0.3) is 0 Å². The van der Waals surface area contributed by atoms with Crippen LogP contribution in [0.3, 0.4) is 0 Å². The Labute approximate surface area is 108 Å². The molecule has 1 aromatic rings. The van der Waals surface area contributed by atoms with E-state index in [0.29, 0.717) is 17.7 Å². The number of fused-ring (bicyclic) bond motifs is 1. The smallest absolute Gasteiger partial charge is 0.240 e. The van der Waals surface area contributed by atoms with E-state index in [4.69, 9.17) is 0 Å². The molecule has 3 nitrogen and oxygen atoms in total. The fraction of sp³-hybridized carbons (Fsp3) is 0.533. The highest BCUT2D eigenvalue weighted by Gasteiger charge is 2.42.